The summed E-state index contributed by atoms with van der Waals surface area (Å²) < 4.78 is 0. The molecule has 0 bridgehead atoms. The molecule has 0 saturated carbocycles. The highest BCUT2D eigenvalue weighted by Gasteiger charge is 2.23. The molecule has 2 aromatic rings. The van der Waals surface area contributed by atoms with Gasteiger partial charge >= 0.3 is 0 Å². The van der Waals surface area contributed by atoms with Crippen LogP contribution in [0.5, 0.6) is 0 Å². The molecule has 1 N–H and O–H groups in total. The summed E-state index contributed by atoms with van der Waals surface area (Å²) in [6, 6.07) is 9.49. The number of nitrogens with zero attached hydrogens (tertiary/aromatic N) is 1. The summed E-state index contributed by atoms with van der Waals surface area (Å²) in [6.45, 7) is 3.77. The van der Waals surface area contributed by atoms with Crippen LogP contribution in [0, 0.1) is 6.92 Å². The van der Waals surface area contributed by atoms with Crippen LogP contribution < -0.4 is 0 Å². The second-order valence-electron chi connectivity index (χ2n) is 4.83. The molecular formula is C15H16ClNO. The van der Waals surface area contributed by atoms with Gasteiger partial charge in [0.15, 0.2) is 0 Å². The van der Waals surface area contributed by atoms with Crippen molar-refractivity contribution in [3.63, 3.8) is 0 Å². The molecule has 2 nitrogen and oxygen atoms in total. The van der Waals surface area contributed by atoms with E-state index >= 15 is 0 Å². The van der Waals surface area contributed by atoms with Crippen LogP contribution in [0.3, 0.4) is 0 Å². The Morgan fingerprint density at radius 1 is 1.22 bits per heavy atom. The Labute approximate surface area is 112 Å². The number of halogens is 1. The van der Waals surface area contributed by atoms with Gasteiger partial charge in [0.1, 0.15) is 0 Å². The van der Waals surface area contributed by atoms with E-state index in [4.69, 9.17) is 11.6 Å². The first-order valence-electron chi connectivity index (χ1n) is 5.86. The highest BCUT2D eigenvalue weighted by molar-refractivity contribution is 6.30. The molecule has 1 aromatic heterocycles. The van der Waals surface area contributed by atoms with Crippen molar-refractivity contribution in [3.8, 4) is 0 Å². The van der Waals surface area contributed by atoms with Crippen LogP contribution in [-0.2, 0) is 12.0 Å². The Balaban J connectivity index is 2.23. The van der Waals surface area contributed by atoms with Crippen LogP contribution in [-0.4, -0.2) is 10.1 Å². The first kappa shape index (κ1) is 13.1. The molecule has 3 heteroatoms. The Kier molecular flexibility index (Phi) is 3.69. The zero-order chi connectivity index (χ0) is 13.2. The molecule has 0 radical (unpaired) electrons. The monoisotopic (exact) mass is 261 g/mol. The predicted octanol–water partition coefficient (Wildman–Crippen LogP) is 3.49. The van der Waals surface area contributed by atoms with Crippen LogP contribution >= 0.6 is 11.6 Å². The van der Waals surface area contributed by atoms with Crippen molar-refractivity contribution in [1.29, 1.82) is 0 Å². The zero-order valence-corrected chi connectivity index (χ0v) is 11.3. The molecule has 0 aliphatic rings. The van der Waals surface area contributed by atoms with Crippen molar-refractivity contribution in [2.24, 2.45) is 0 Å². The Bertz CT molecular complexity index is 534. The van der Waals surface area contributed by atoms with Gasteiger partial charge in [0, 0.05) is 29.4 Å². The van der Waals surface area contributed by atoms with Crippen LogP contribution in [0.15, 0.2) is 42.7 Å². The number of benzene rings is 1. The molecular weight excluding hydrogens is 246 g/mol. The van der Waals surface area contributed by atoms with E-state index in [1.807, 2.05) is 37.3 Å². The predicted molar refractivity (Wildman–Crippen MR) is 73.7 cm³/mol. The number of rotatable bonds is 3. The second-order valence-corrected chi connectivity index (χ2v) is 5.26. The first-order chi connectivity index (χ1) is 8.47. The minimum absolute atomic E-state index is 0.537. The Morgan fingerprint density at radius 2 is 1.89 bits per heavy atom. The molecule has 0 aliphatic heterocycles. The van der Waals surface area contributed by atoms with Crippen LogP contribution in [0.2, 0.25) is 5.02 Å². The minimum atomic E-state index is -0.924. The fourth-order valence-corrected chi connectivity index (χ4v) is 2.08. The van der Waals surface area contributed by atoms with Crippen molar-refractivity contribution in [2.75, 3.05) is 0 Å². The molecule has 0 amide bonds. The third-order valence-corrected chi connectivity index (χ3v) is 3.21. The summed E-state index contributed by atoms with van der Waals surface area (Å²) in [6.07, 6.45) is 4.03. The van der Waals surface area contributed by atoms with Gasteiger partial charge in [-0.25, -0.2) is 0 Å². The molecule has 94 valence electrons. The minimum Gasteiger partial charge on any atom is -0.385 e. The number of hydrogen-bond donors (Lipinski definition) is 1. The van der Waals surface area contributed by atoms with Crippen LogP contribution in [0.1, 0.15) is 23.6 Å². The lowest BCUT2D eigenvalue weighted by atomic mass is 9.89. The Hall–Kier alpha value is -1.38. The van der Waals surface area contributed by atoms with Gasteiger partial charge in [-0.1, -0.05) is 29.8 Å². The van der Waals surface area contributed by atoms with Crippen molar-refractivity contribution in [1.82, 2.24) is 4.98 Å². The number of pyridine rings is 1. The maximum absolute atomic E-state index is 10.6. The summed E-state index contributed by atoms with van der Waals surface area (Å²) in [4.78, 5) is 4.13. The number of hydrogen-bond acceptors (Lipinski definition) is 2. The first-order valence-corrected chi connectivity index (χ1v) is 6.24. The fraction of sp³-hybridized carbons (Fsp3) is 0.267. The van der Waals surface area contributed by atoms with Gasteiger partial charge in [0.25, 0.3) is 0 Å². The topological polar surface area (TPSA) is 33.1 Å². The quantitative estimate of drug-likeness (QED) is 0.917. The van der Waals surface area contributed by atoms with E-state index in [2.05, 4.69) is 4.98 Å². The molecule has 0 fully saturated rings. The zero-order valence-electron chi connectivity index (χ0n) is 10.5. The number of aromatic nitrogens is 1. The molecule has 1 atom stereocenters. The lowest BCUT2D eigenvalue weighted by Crippen LogP contribution is -2.24. The SMILES string of the molecule is Cc1cncc(C(C)(O)Cc2ccc(Cl)cc2)c1. The molecule has 0 aliphatic carbocycles. The largest absolute Gasteiger partial charge is 0.385 e. The van der Waals surface area contributed by atoms with Crippen molar-refractivity contribution in [2.45, 2.75) is 25.9 Å². The van der Waals surface area contributed by atoms with Gasteiger partial charge < -0.3 is 5.11 Å². The van der Waals surface area contributed by atoms with Gasteiger partial charge in [0.2, 0.25) is 0 Å². The van der Waals surface area contributed by atoms with Crippen molar-refractivity contribution in [3.05, 3.63) is 64.4 Å². The summed E-state index contributed by atoms with van der Waals surface area (Å²) in [5.41, 5.74) is 2.00. The highest BCUT2D eigenvalue weighted by atomic mass is 35.5. The average Bonchev–Trinajstić information content (AvgIpc) is 2.32. The van der Waals surface area contributed by atoms with Crippen LogP contribution in [0.4, 0.5) is 0 Å². The van der Waals surface area contributed by atoms with E-state index in [-0.39, 0.29) is 0 Å². The smallest absolute Gasteiger partial charge is 0.0923 e. The van der Waals surface area contributed by atoms with Gasteiger partial charge in [0.05, 0.1) is 5.60 Å². The Morgan fingerprint density at radius 3 is 2.50 bits per heavy atom. The maximum Gasteiger partial charge on any atom is 0.0923 e. The van der Waals surface area contributed by atoms with Crippen molar-refractivity contribution < 1.29 is 5.11 Å². The summed E-state index contributed by atoms with van der Waals surface area (Å²) in [5, 5.41) is 11.3. The molecule has 1 aromatic carbocycles. The van der Waals surface area contributed by atoms with Crippen LogP contribution in [0.25, 0.3) is 0 Å². The third kappa shape index (κ3) is 3.09. The molecule has 1 unspecified atom stereocenters. The van der Waals surface area contributed by atoms with E-state index in [9.17, 15) is 5.11 Å². The van der Waals surface area contributed by atoms with Gasteiger partial charge in [-0.05, 0) is 37.1 Å². The normalized spacial score (nSPS) is 14.2. The lowest BCUT2D eigenvalue weighted by Gasteiger charge is -2.24. The van der Waals surface area contributed by atoms with Gasteiger partial charge in [-0.15, -0.1) is 0 Å². The maximum atomic E-state index is 10.6. The summed E-state index contributed by atoms with van der Waals surface area (Å²) in [7, 11) is 0. The highest BCUT2D eigenvalue weighted by Crippen LogP contribution is 2.25. The molecule has 2 rings (SSSR count). The average molecular weight is 262 g/mol. The number of aliphatic hydroxyl groups is 1. The lowest BCUT2D eigenvalue weighted by molar-refractivity contribution is 0.0572. The second kappa shape index (κ2) is 5.09. The number of aryl methyl sites for hydroxylation is 1. The van der Waals surface area contributed by atoms with E-state index in [1.54, 1.807) is 19.3 Å². The van der Waals surface area contributed by atoms with E-state index in [0.717, 1.165) is 16.7 Å². The van der Waals surface area contributed by atoms with E-state index in [0.29, 0.717) is 11.4 Å². The van der Waals surface area contributed by atoms with Gasteiger partial charge in [-0.2, -0.15) is 0 Å². The summed E-state index contributed by atoms with van der Waals surface area (Å²) >= 11 is 5.85. The molecule has 0 spiro atoms. The molecule has 1 heterocycles. The molecule has 0 saturated heterocycles. The van der Waals surface area contributed by atoms with Gasteiger partial charge in [-0.3, -0.25) is 4.98 Å². The standard InChI is InChI=1S/C15H16ClNO/c1-11-7-13(10-17-9-11)15(2,18)8-12-3-5-14(16)6-4-12/h3-7,9-10,18H,8H2,1-2H3. The summed E-state index contributed by atoms with van der Waals surface area (Å²) in [5.74, 6) is 0. The molecule has 18 heavy (non-hydrogen) atoms. The van der Waals surface area contributed by atoms with E-state index < -0.39 is 5.60 Å². The van der Waals surface area contributed by atoms with Crippen molar-refractivity contribution >= 4 is 11.6 Å². The van der Waals surface area contributed by atoms with E-state index in [1.165, 1.54) is 0 Å². The third-order valence-electron chi connectivity index (χ3n) is 2.96. The fourth-order valence-electron chi connectivity index (χ4n) is 1.95.